The number of nitrogens with one attached hydrogen (secondary N) is 3. The summed E-state index contributed by atoms with van der Waals surface area (Å²) in [6.07, 6.45) is 1.13. The minimum absolute atomic E-state index is 0.0349. The van der Waals surface area contributed by atoms with Crippen molar-refractivity contribution in [1.29, 1.82) is 0 Å². The quantitative estimate of drug-likeness (QED) is 0.131. The van der Waals surface area contributed by atoms with Gasteiger partial charge < -0.3 is 32.2 Å². The van der Waals surface area contributed by atoms with E-state index in [9.17, 15) is 19.2 Å². The number of amides is 3. The first-order chi connectivity index (χ1) is 15.8. The average Bonchev–Trinajstić information content (AvgIpc) is 2.80. The molecule has 33 heavy (non-hydrogen) atoms. The summed E-state index contributed by atoms with van der Waals surface area (Å²) in [5.74, 6) is -0.265. The van der Waals surface area contributed by atoms with Crippen LogP contribution in [0.1, 0.15) is 46.1 Å². The molecule has 1 rings (SSSR count). The number of ether oxygens (including phenoxy) is 1. The molecule has 1 aromatic rings. The largest absolute Gasteiger partial charge is 0.445 e. The third-order valence-electron chi connectivity index (χ3n) is 3.69. The van der Waals surface area contributed by atoms with E-state index in [1.807, 2.05) is 51.1 Å². The summed E-state index contributed by atoms with van der Waals surface area (Å²) in [5, 5.41) is 7.36. The standard InChI is InChI=1S/C12H16N2O3.C8H16N4O2.C2H6/c1-2-13-11(15)8-14-12(16)17-9-10-6-4-3-5-7-10;1-6(14)7(12-5-13)3-2-4-11-8(9)10;1-2/h3-7H,2,8-9H2,1H3,(H,13,15)(H,14,16);5,7H,2-4H2,1H3,(H,12,13)(H4,9,10,11);1-2H3. The zero-order valence-corrected chi connectivity index (χ0v) is 19.9. The van der Waals surface area contributed by atoms with Crippen LogP contribution in [0.15, 0.2) is 35.3 Å². The Morgan fingerprint density at radius 2 is 1.76 bits per heavy atom. The van der Waals surface area contributed by atoms with Crippen LogP contribution < -0.4 is 27.4 Å². The summed E-state index contributed by atoms with van der Waals surface area (Å²) >= 11 is 0. The van der Waals surface area contributed by atoms with Gasteiger partial charge in [-0.05, 0) is 32.3 Å². The highest BCUT2D eigenvalue weighted by Crippen LogP contribution is 2.00. The van der Waals surface area contributed by atoms with Crippen LogP contribution in [-0.2, 0) is 25.7 Å². The van der Waals surface area contributed by atoms with E-state index in [0.29, 0.717) is 32.3 Å². The molecule has 0 radical (unpaired) electrons. The molecule has 0 aliphatic rings. The molecule has 1 aromatic carbocycles. The van der Waals surface area contributed by atoms with Crippen molar-refractivity contribution >= 4 is 30.2 Å². The Morgan fingerprint density at radius 3 is 2.27 bits per heavy atom. The third kappa shape index (κ3) is 20.0. The monoisotopic (exact) mass is 466 g/mol. The van der Waals surface area contributed by atoms with Gasteiger partial charge >= 0.3 is 6.09 Å². The van der Waals surface area contributed by atoms with Gasteiger partial charge in [-0.25, -0.2) is 4.79 Å². The van der Waals surface area contributed by atoms with Crippen molar-refractivity contribution in [3.8, 4) is 0 Å². The van der Waals surface area contributed by atoms with E-state index in [2.05, 4.69) is 20.9 Å². The van der Waals surface area contributed by atoms with Crippen molar-refractivity contribution in [3.05, 3.63) is 35.9 Å². The van der Waals surface area contributed by atoms with Crippen LogP contribution in [0.25, 0.3) is 0 Å². The second-order valence-electron chi connectivity index (χ2n) is 6.27. The van der Waals surface area contributed by atoms with Crippen LogP contribution in [0.3, 0.4) is 0 Å². The summed E-state index contributed by atoms with van der Waals surface area (Å²) in [7, 11) is 0. The minimum Gasteiger partial charge on any atom is -0.445 e. The molecule has 3 amide bonds. The number of ketones is 1. The molecule has 0 aliphatic carbocycles. The summed E-state index contributed by atoms with van der Waals surface area (Å²) in [6.45, 7) is 8.38. The number of aliphatic imine (C=N–C) groups is 1. The number of alkyl carbamates (subject to hydrolysis) is 1. The van der Waals surface area contributed by atoms with Gasteiger partial charge in [-0.1, -0.05) is 44.2 Å². The van der Waals surface area contributed by atoms with E-state index in [1.165, 1.54) is 6.92 Å². The average molecular weight is 467 g/mol. The molecule has 0 heterocycles. The number of nitrogens with two attached hydrogens (primary N) is 2. The number of rotatable bonds is 12. The highest BCUT2D eigenvalue weighted by molar-refractivity contribution is 5.83. The Kier molecular flexibility index (Phi) is 20.7. The molecule has 7 N–H and O–H groups in total. The molecular formula is C22H38N6O5. The van der Waals surface area contributed by atoms with Gasteiger partial charge in [-0.15, -0.1) is 0 Å². The van der Waals surface area contributed by atoms with Gasteiger partial charge in [0.2, 0.25) is 12.3 Å². The van der Waals surface area contributed by atoms with Gasteiger partial charge in [0.15, 0.2) is 11.7 Å². The van der Waals surface area contributed by atoms with E-state index in [0.717, 1.165) is 5.56 Å². The van der Waals surface area contributed by atoms with Crippen LogP contribution in [0, 0.1) is 0 Å². The summed E-state index contributed by atoms with van der Waals surface area (Å²) in [4.78, 5) is 47.1. The SMILES string of the molecule is CC.CC(=O)C(CCCN=C(N)N)NC=O.CCNC(=O)CNC(=O)OCc1ccccc1. The lowest BCUT2D eigenvalue weighted by Gasteiger charge is -2.10. The summed E-state index contributed by atoms with van der Waals surface area (Å²) in [6, 6.07) is 8.91. The maximum absolute atomic E-state index is 11.2. The molecule has 11 heteroatoms. The van der Waals surface area contributed by atoms with Gasteiger partial charge in [-0.3, -0.25) is 19.4 Å². The molecule has 0 bridgehead atoms. The van der Waals surface area contributed by atoms with Crippen LogP contribution >= 0.6 is 0 Å². The predicted molar refractivity (Wildman–Crippen MR) is 128 cm³/mol. The van der Waals surface area contributed by atoms with Gasteiger partial charge in [0.25, 0.3) is 0 Å². The molecule has 1 unspecified atom stereocenters. The van der Waals surface area contributed by atoms with E-state index in [1.54, 1.807) is 0 Å². The van der Waals surface area contributed by atoms with Crippen LogP contribution in [0.4, 0.5) is 4.79 Å². The zero-order valence-electron chi connectivity index (χ0n) is 19.9. The van der Waals surface area contributed by atoms with Crippen LogP contribution in [0.5, 0.6) is 0 Å². The zero-order chi connectivity index (χ0) is 25.5. The first-order valence-electron chi connectivity index (χ1n) is 10.8. The van der Waals surface area contributed by atoms with Crippen LogP contribution in [0.2, 0.25) is 0 Å². The number of guanidine groups is 1. The molecule has 11 nitrogen and oxygen atoms in total. The lowest BCUT2D eigenvalue weighted by molar-refractivity contribution is -0.122. The van der Waals surface area contributed by atoms with Gasteiger partial charge in [0, 0.05) is 13.1 Å². The Bertz CT molecular complexity index is 708. The Morgan fingerprint density at radius 1 is 1.12 bits per heavy atom. The fraction of sp³-hybridized carbons (Fsp3) is 0.500. The number of hydrogen-bond acceptors (Lipinski definition) is 6. The number of hydrogen-bond donors (Lipinski definition) is 5. The maximum Gasteiger partial charge on any atom is 0.407 e. The molecule has 0 aromatic heterocycles. The van der Waals surface area contributed by atoms with Gasteiger partial charge in [-0.2, -0.15) is 0 Å². The van der Waals surface area contributed by atoms with Crippen molar-refractivity contribution in [2.24, 2.45) is 16.5 Å². The second-order valence-corrected chi connectivity index (χ2v) is 6.27. The Labute approximate surface area is 195 Å². The molecular weight excluding hydrogens is 428 g/mol. The lowest BCUT2D eigenvalue weighted by atomic mass is 10.1. The van der Waals surface area contributed by atoms with Gasteiger partial charge in [0.1, 0.15) is 6.61 Å². The highest BCUT2D eigenvalue weighted by Gasteiger charge is 2.11. The Hall–Kier alpha value is -3.63. The second kappa shape index (κ2) is 21.6. The first kappa shape index (κ1) is 31.6. The highest BCUT2D eigenvalue weighted by atomic mass is 16.5. The number of nitrogens with zero attached hydrogens (tertiary/aromatic N) is 1. The van der Waals surface area contributed by atoms with E-state index in [4.69, 9.17) is 16.2 Å². The summed E-state index contributed by atoms with van der Waals surface area (Å²) < 4.78 is 4.93. The lowest BCUT2D eigenvalue weighted by Crippen LogP contribution is -2.36. The number of carbonyl (C=O) groups excluding carboxylic acids is 4. The number of likely N-dealkylation sites (N-methyl/N-ethyl adjacent to an activating group) is 1. The van der Waals surface area contributed by atoms with E-state index in [-0.39, 0.29) is 30.8 Å². The first-order valence-corrected chi connectivity index (χ1v) is 10.8. The van der Waals surface area contributed by atoms with Gasteiger partial charge in [0.05, 0.1) is 12.6 Å². The van der Waals surface area contributed by atoms with Crippen molar-refractivity contribution in [2.45, 2.75) is 53.2 Å². The molecule has 0 fully saturated rings. The van der Waals surface area contributed by atoms with Crippen molar-refractivity contribution in [3.63, 3.8) is 0 Å². The van der Waals surface area contributed by atoms with Crippen molar-refractivity contribution in [1.82, 2.24) is 16.0 Å². The topological polar surface area (TPSA) is 178 Å². The number of carbonyl (C=O) groups is 4. The molecule has 186 valence electrons. The fourth-order valence-electron chi connectivity index (χ4n) is 2.18. The number of benzene rings is 1. The maximum atomic E-state index is 11.2. The molecule has 0 spiro atoms. The van der Waals surface area contributed by atoms with E-state index < -0.39 is 12.1 Å². The van der Waals surface area contributed by atoms with E-state index >= 15 is 0 Å². The van der Waals surface area contributed by atoms with Crippen molar-refractivity contribution < 1.29 is 23.9 Å². The molecule has 1 atom stereocenters. The molecule has 0 saturated carbocycles. The molecule has 0 aliphatic heterocycles. The summed E-state index contributed by atoms with van der Waals surface area (Å²) in [5.41, 5.74) is 11.1. The Balaban J connectivity index is 0. The minimum atomic E-state index is -0.597. The number of Topliss-reactive ketones (excluding diaryl/α,β-unsaturated/α-hetero) is 1. The fourth-order valence-corrected chi connectivity index (χ4v) is 2.18. The third-order valence-corrected chi connectivity index (χ3v) is 3.69. The molecule has 0 saturated heterocycles. The van der Waals surface area contributed by atoms with Crippen LogP contribution in [-0.4, -0.2) is 55.8 Å². The normalized spacial score (nSPS) is 9.94. The smallest absolute Gasteiger partial charge is 0.407 e. The van der Waals surface area contributed by atoms with Crippen molar-refractivity contribution in [2.75, 3.05) is 19.6 Å². The predicted octanol–water partition coefficient (Wildman–Crippen LogP) is 0.819.